The molecular weight excluding hydrogens is 386 g/mol. The maximum atomic E-state index is 9.72. The van der Waals surface area contributed by atoms with Gasteiger partial charge in [0.2, 0.25) is 0 Å². The van der Waals surface area contributed by atoms with E-state index >= 15 is 0 Å². The van der Waals surface area contributed by atoms with Gasteiger partial charge in [0.25, 0.3) is 0 Å². The summed E-state index contributed by atoms with van der Waals surface area (Å²) < 4.78 is 0. The molecule has 1 nitrogen and oxygen atoms in total. The highest BCUT2D eigenvalue weighted by molar-refractivity contribution is 5.42. The number of rotatable bonds is 10. The van der Waals surface area contributed by atoms with Crippen molar-refractivity contribution in [2.45, 2.75) is 135 Å². The van der Waals surface area contributed by atoms with Crippen molar-refractivity contribution in [3.8, 4) is 6.07 Å². The van der Waals surface area contributed by atoms with Crippen molar-refractivity contribution < 1.29 is 0 Å². The van der Waals surface area contributed by atoms with Crippen LogP contribution in [0, 0.1) is 28.1 Å². The van der Waals surface area contributed by atoms with E-state index < -0.39 is 0 Å². The van der Waals surface area contributed by atoms with Gasteiger partial charge in [-0.2, -0.15) is 5.26 Å². The number of hydrogen-bond donors (Lipinski definition) is 0. The van der Waals surface area contributed by atoms with Crippen molar-refractivity contribution >= 4 is 0 Å². The second kappa shape index (κ2) is 10.8. The van der Waals surface area contributed by atoms with E-state index in [1.165, 1.54) is 120 Å². The molecule has 4 saturated carbocycles. The Morgan fingerprint density at radius 2 is 1.50 bits per heavy atom. The third-order valence-electron chi connectivity index (χ3n) is 10.1. The van der Waals surface area contributed by atoms with Crippen molar-refractivity contribution in [3.05, 3.63) is 34.9 Å². The Kier molecular flexibility index (Phi) is 8.02. The molecule has 4 aliphatic carbocycles. The van der Waals surface area contributed by atoms with Crippen molar-refractivity contribution in [1.29, 1.82) is 5.26 Å². The zero-order valence-electron chi connectivity index (χ0n) is 21.1. The SMILES string of the molecule is CCCCCc1ccc([C@H]2CC[C@H](C34CCC(CCCCC)(CC3)CC4)CC2)cc1C#N. The van der Waals surface area contributed by atoms with Crippen LogP contribution in [0.2, 0.25) is 0 Å². The minimum Gasteiger partial charge on any atom is -0.192 e. The number of benzene rings is 1. The Bertz CT molecular complexity index is 752. The van der Waals surface area contributed by atoms with Gasteiger partial charge in [0, 0.05) is 0 Å². The third kappa shape index (κ3) is 5.11. The van der Waals surface area contributed by atoms with Crippen molar-refractivity contribution in [1.82, 2.24) is 0 Å². The van der Waals surface area contributed by atoms with E-state index in [0.717, 1.165) is 23.3 Å². The van der Waals surface area contributed by atoms with Gasteiger partial charge in [0.05, 0.1) is 11.6 Å². The van der Waals surface area contributed by atoms with Crippen LogP contribution in [0.5, 0.6) is 0 Å². The Morgan fingerprint density at radius 3 is 2.12 bits per heavy atom. The smallest absolute Gasteiger partial charge is 0.0994 e. The number of aryl methyl sites for hydroxylation is 1. The molecule has 5 rings (SSSR count). The van der Waals surface area contributed by atoms with Gasteiger partial charge in [-0.1, -0.05) is 58.1 Å². The summed E-state index contributed by atoms with van der Waals surface area (Å²) in [5.74, 6) is 1.65. The highest BCUT2D eigenvalue weighted by Gasteiger charge is 2.51. The first-order valence-electron chi connectivity index (χ1n) is 14.2. The lowest BCUT2D eigenvalue weighted by Crippen LogP contribution is -2.46. The highest BCUT2D eigenvalue weighted by atomic mass is 14.6. The Labute approximate surface area is 198 Å². The van der Waals surface area contributed by atoms with Gasteiger partial charge in [-0.05, 0) is 123 Å². The summed E-state index contributed by atoms with van der Waals surface area (Å²) in [7, 11) is 0. The predicted octanol–water partition coefficient (Wildman–Crippen LogP) is 9.49. The summed E-state index contributed by atoms with van der Waals surface area (Å²) in [5, 5.41) is 9.72. The summed E-state index contributed by atoms with van der Waals surface area (Å²) in [6.07, 6.45) is 25.3. The van der Waals surface area contributed by atoms with E-state index in [0.29, 0.717) is 11.3 Å². The molecule has 0 spiro atoms. The molecule has 1 aromatic rings. The van der Waals surface area contributed by atoms with Crippen molar-refractivity contribution in [2.75, 3.05) is 0 Å². The molecule has 0 radical (unpaired) electrons. The molecular formula is C31H47N. The Balaban J connectivity index is 1.32. The van der Waals surface area contributed by atoms with Gasteiger partial charge < -0.3 is 0 Å². The molecule has 0 atom stereocenters. The number of fused-ring (bicyclic) bond motifs is 3. The molecule has 0 aliphatic heterocycles. The van der Waals surface area contributed by atoms with Gasteiger partial charge in [-0.25, -0.2) is 0 Å². The van der Waals surface area contributed by atoms with Crippen LogP contribution in [-0.2, 0) is 6.42 Å². The Hall–Kier alpha value is -1.29. The summed E-state index contributed by atoms with van der Waals surface area (Å²) in [6.45, 7) is 4.58. The number of hydrogen-bond acceptors (Lipinski definition) is 1. The van der Waals surface area contributed by atoms with Crippen molar-refractivity contribution in [3.63, 3.8) is 0 Å². The van der Waals surface area contributed by atoms with E-state index in [2.05, 4.69) is 38.1 Å². The standard InChI is InChI=1S/C31H47N/c1-3-5-7-9-25-10-11-27(23-28(25)24-32)26-12-14-29(15-13-26)31-20-17-30(18-21-31,19-22-31)16-8-6-4-2/h10-11,23,26,29H,3-9,12-22H2,1-2H3/t26-,29-,30?,31?. The molecule has 0 amide bonds. The maximum Gasteiger partial charge on any atom is 0.0994 e. The summed E-state index contributed by atoms with van der Waals surface area (Å²) in [6, 6.07) is 9.38. The van der Waals surface area contributed by atoms with E-state index in [4.69, 9.17) is 0 Å². The second-order valence-corrected chi connectivity index (χ2v) is 11.9. The lowest BCUT2D eigenvalue weighted by atomic mass is 9.47. The summed E-state index contributed by atoms with van der Waals surface area (Å²) in [4.78, 5) is 0. The van der Waals surface area contributed by atoms with Gasteiger partial charge in [-0.3, -0.25) is 0 Å². The summed E-state index contributed by atoms with van der Waals surface area (Å²) in [5.41, 5.74) is 5.08. The molecule has 1 aromatic carbocycles. The van der Waals surface area contributed by atoms with Gasteiger partial charge >= 0.3 is 0 Å². The summed E-state index contributed by atoms with van der Waals surface area (Å²) >= 11 is 0. The molecule has 0 aromatic heterocycles. The van der Waals surface area contributed by atoms with Crippen LogP contribution in [0.25, 0.3) is 0 Å². The van der Waals surface area contributed by atoms with Crippen LogP contribution in [0.4, 0.5) is 0 Å². The zero-order chi connectivity index (χ0) is 22.4. The first-order valence-corrected chi connectivity index (χ1v) is 14.2. The molecule has 32 heavy (non-hydrogen) atoms. The molecule has 0 heterocycles. The molecule has 0 N–H and O–H groups in total. The fourth-order valence-electron chi connectivity index (χ4n) is 7.80. The molecule has 176 valence electrons. The lowest BCUT2D eigenvalue weighted by Gasteiger charge is -2.58. The van der Waals surface area contributed by atoms with Crippen LogP contribution in [0.15, 0.2) is 18.2 Å². The topological polar surface area (TPSA) is 23.8 Å². The number of unbranched alkanes of at least 4 members (excludes halogenated alkanes) is 4. The van der Waals surface area contributed by atoms with Crippen LogP contribution >= 0.6 is 0 Å². The van der Waals surface area contributed by atoms with Crippen LogP contribution in [-0.4, -0.2) is 0 Å². The molecule has 4 fully saturated rings. The van der Waals surface area contributed by atoms with Gasteiger partial charge in [-0.15, -0.1) is 0 Å². The van der Waals surface area contributed by atoms with E-state index in [-0.39, 0.29) is 0 Å². The van der Waals surface area contributed by atoms with Crippen LogP contribution in [0.3, 0.4) is 0 Å². The first-order chi connectivity index (χ1) is 15.6. The maximum absolute atomic E-state index is 9.72. The van der Waals surface area contributed by atoms with Crippen LogP contribution < -0.4 is 0 Å². The Morgan fingerprint density at radius 1 is 0.844 bits per heavy atom. The quantitative estimate of drug-likeness (QED) is 0.337. The van der Waals surface area contributed by atoms with Crippen molar-refractivity contribution in [2.24, 2.45) is 16.7 Å². The second-order valence-electron chi connectivity index (χ2n) is 11.9. The van der Waals surface area contributed by atoms with E-state index in [1.54, 1.807) is 0 Å². The van der Waals surface area contributed by atoms with Gasteiger partial charge in [0.1, 0.15) is 0 Å². The predicted molar refractivity (Wildman–Crippen MR) is 136 cm³/mol. The average Bonchev–Trinajstić information content (AvgIpc) is 2.86. The normalized spacial score (nSPS) is 32.0. The fourth-order valence-corrected chi connectivity index (χ4v) is 7.80. The van der Waals surface area contributed by atoms with E-state index in [9.17, 15) is 5.26 Å². The third-order valence-corrected chi connectivity index (χ3v) is 10.1. The minimum atomic E-state index is 0.680. The molecule has 1 heteroatoms. The minimum absolute atomic E-state index is 0.680. The molecule has 0 saturated heterocycles. The highest BCUT2D eigenvalue weighted by Crippen LogP contribution is 2.63. The lowest BCUT2D eigenvalue weighted by molar-refractivity contribution is -0.0630. The van der Waals surface area contributed by atoms with Crippen LogP contribution in [0.1, 0.15) is 146 Å². The number of nitriles is 1. The fraction of sp³-hybridized carbons (Fsp3) is 0.774. The van der Waals surface area contributed by atoms with Gasteiger partial charge in [0.15, 0.2) is 0 Å². The molecule has 4 aliphatic rings. The monoisotopic (exact) mass is 433 g/mol. The molecule has 0 unspecified atom stereocenters. The first kappa shape index (κ1) is 23.9. The average molecular weight is 434 g/mol. The van der Waals surface area contributed by atoms with E-state index in [1.807, 2.05) is 0 Å². The zero-order valence-corrected chi connectivity index (χ0v) is 21.1. The number of nitrogens with zero attached hydrogens (tertiary/aromatic N) is 1. The molecule has 2 bridgehead atoms. The largest absolute Gasteiger partial charge is 0.192 e.